The quantitative estimate of drug-likeness (QED) is 0.935. The van der Waals surface area contributed by atoms with Crippen molar-refractivity contribution in [2.24, 2.45) is 7.05 Å². The van der Waals surface area contributed by atoms with E-state index in [4.69, 9.17) is 11.6 Å². The normalized spacial score (nSPS) is 10.8. The number of nitrogens with one attached hydrogen (secondary N) is 1. The first kappa shape index (κ1) is 14.5. The predicted octanol–water partition coefficient (Wildman–Crippen LogP) is 1.92. The molecule has 0 atom stereocenters. The second-order valence-electron chi connectivity index (χ2n) is 4.78. The highest BCUT2D eigenvalue weighted by Gasteiger charge is 2.15. The van der Waals surface area contributed by atoms with Crippen LogP contribution in [0.15, 0.2) is 18.6 Å². The highest BCUT2D eigenvalue weighted by molar-refractivity contribution is 6.33. The monoisotopic (exact) mass is 293 g/mol. The fraction of sp³-hybridized carbons (Fsp3) is 0.385. The van der Waals surface area contributed by atoms with Gasteiger partial charge in [0.1, 0.15) is 11.5 Å². The van der Waals surface area contributed by atoms with Gasteiger partial charge in [0.15, 0.2) is 0 Å². The Morgan fingerprint density at radius 2 is 2.20 bits per heavy atom. The summed E-state index contributed by atoms with van der Waals surface area (Å²) in [5, 5.41) is 7.05. The highest BCUT2D eigenvalue weighted by Crippen LogP contribution is 2.16. The van der Waals surface area contributed by atoms with Crippen LogP contribution in [0.1, 0.15) is 41.6 Å². The number of halogens is 1. The van der Waals surface area contributed by atoms with E-state index in [1.54, 1.807) is 10.9 Å². The zero-order valence-electron chi connectivity index (χ0n) is 11.6. The van der Waals surface area contributed by atoms with Gasteiger partial charge >= 0.3 is 0 Å². The Hall–Kier alpha value is -1.95. The zero-order valence-corrected chi connectivity index (χ0v) is 12.3. The lowest BCUT2D eigenvalue weighted by Gasteiger charge is -2.08. The number of hydrogen-bond acceptors (Lipinski definition) is 4. The minimum Gasteiger partial charge on any atom is -0.346 e. The molecule has 106 valence electrons. The second-order valence-corrected chi connectivity index (χ2v) is 5.19. The molecule has 0 unspecified atom stereocenters. The SMILES string of the molecule is CC(C)c1ncc(Cl)c(C(=O)NCc2cnn(C)c2)n1. The summed E-state index contributed by atoms with van der Waals surface area (Å²) in [6.45, 7) is 4.30. The first-order valence-corrected chi connectivity index (χ1v) is 6.63. The van der Waals surface area contributed by atoms with Gasteiger partial charge in [-0.3, -0.25) is 9.48 Å². The van der Waals surface area contributed by atoms with Gasteiger partial charge in [-0.05, 0) is 0 Å². The van der Waals surface area contributed by atoms with Crippen LogP contribution in [-0.4, -0.2) is 25.7 Å². The molecule has 6 nitrogen and oxygen atoms in total. The first-order valence-electron chi connectivity index (χ1n) is 6.25. The lowest BCUT2D eigenvalue weighted by Crippen LogP contribution is -2.24. The number of aryl methyl sites for hydroxylation is 1. The van der Waals surface area contributed by atoms with Gasteiger partial charge in [-0.2, -0.15) is 5.10 Å². The van der Waals surface area contributed by atoms with Crippen LogP contribution in [0.2, 0.25) is 5.02 Å². The van der Waals surface area contributed by atoms with E-state index in [1.165, 1.54) is 6.20 Å². The number of carbonyl (C=O) groups is 1. The van der Waals surface area contributed by atoms with E-state index in [0.717, 1.165) is 5.56 Å². The standard InChI is InChI=1S/C13H16ClN5O/c1-8(2)12-15-6-10(14)11(18-12)13(20)16-4-9-5-17-19(3)7-9/h5-8H,4H2,1-3H3,(H,16,20). The van der Waals surface area contributed by atoms with E-state index in [0.29, 0.717) is 12.4 Å². The molecular formula is C13H16ClN5O. The van der Waals surface area contributed by atoms with Crippen LogP contribution in [0.4, 0.5) is 0 Å². The molecule has 0 radical (unpaired) electrons. The molecule has 0 saturated carbocycles. The third kappa shape index (κ3) is 3.33. The average molecular weight is 294 g/mol. The van der Waals surface area contributed by atoms with Crippen molar-refractivity contribution in [1.29, 1.82) is 0 Å². The summed E-state index contributed by atoms with van der Waals surface area (Å²) in [4.78, 5) is 20.4. The van der Waals surface area contributed by atoms with E-state index in [1.807, 2.05) is 27.1 Å². The zero-order chi connectivity index (χ0) is 14.7. The molecule has 2 aromatic rings. The maximum absolute atomic E-state index is 12.1. The number of aromatic nitrogens is 4. The van der Waals surface area contributed by atoms with Crippen molar-refractivity contribution in [3.63, 3.8) is 0 Å². The number of rotatable bonds is 4. The summed E-state index contributed by atoms with van der Waals surface area (Å²) in [5.74, 6) is 0.418. The predicted molar refractivity (Wildman–Crippen MR) is 75.5 cm³/mol. The lowest BCUT2D eigenvalue weighted by atomic mass is 10.2. The summed E-state index contributed by atoms with van der Waals surface area (Å²) < 4.78 is 1.68. The molecule has 2 aromatic heterocycles. The Kier molecular flexibility index (Phi) is 4.34. The van der Waals surface area contributed by atoms with Gasteiger partial charge in [-0.15, -0.1) is 0 Å². The van der Waals surface area contributed by atoms with Gasteiger partial charge in [0.25, 0.3) is 5.91 Å². The highest BCUT2D eigenvalue weighted by atomic mass is 35.5. The van der Waals surface area contributed by atoms with Crippen molar-refractivity contribution in [3.8, 4) is 0 Å². The minimum absolute atomic E-state index is 0.136. The van der Waals surface area contributed by atoms with Crippen LogP contribution < -0.4 is 5.32 Å². The molecule has 1 amide bonds. The Morgan fingerprint density at radius 3 is 2.80 bits per heavy atom. The third-order valence-electron chi connectivity index (χ3n) is 2.71. The summed E-state index contributed by atoms with van der Waals surface area (Å²) in [7, 11) is 1.82. The summed E-state index contributed by atoms with van der Waals surface area (Å²) in [6.07, 6.45) is 4.99. The fourth-order valence-corrected chi connectivity index (χ4v) is 1.82. The molecule has 2 heterocycles. The van der Waals surface area contributed by atoms with E-state index in [9.17, 15) is 4.79 Å². The molecule has 0 bridgehead atoms. The van der Waals surface area contributed by atoms with Crippen molar-refractivity contribution in [2.75, 3.05) is 0 Å². The lowest BCUT2D eigenvalue weighted by molar-refractivity contribution is 0.0945. The fourth-order valence-electron chi connectivity index (χ4n) is 1.65. The molecule has 2 rings (SSSR count). The van der Waals surface area contributed by atoms with Crippen LogP contribution in [0.3, 0.4) is 0 Å². The van der Waals surface area contributed by atoms with Gasteiger partial charge in [0, 0.05) is 31.3 Å². The molecule has 0 fully saturated rings. The molecule has 0 aliphatic heterocycles. The minimum atomic E-state index is -0.317. The molecule has 0 aliphatic rings. The van der Waals surface area contributed by atoms with Crippen molar-refractivity contribution in [3.05, 3.63) is 40.7 Å². The Morgan fingerprint density at radius 1 is 1.45 bits per heavy atom. The summed E-state index contributed by atoms with van der Waals surface area (Å²) in [5.41, 5.74) is 1.12. The molecule has 20 heavy (non-hydrogen) atoms. The molecule has 0 saturated heterocycles. The second kappa shape index (κ2) is 6.00. The van der Waals surface area contributed by atoms with Crippen LogP contribution in [0, 0.1) is 0 Å². The number of carbonyl (C=O) groups excluding carboxylic acids is 1. The van der Waals surface area contributed by atoms with Gasteiger partial charge in [-0.25, -0.2) is 9.97 Å². The number of hydrogen-bond donors (Lipinski definition) is 1. The van der Waals surface area contributed by atoms with E-state index >= 15 is 0 Å². The molecule has 0 spiro atoms. The molecule has 0 aliphatic carbocycles. The smallest absolute Gasteiger partial charge is 0.271 e. The first-order chi connectivity index (χ1) is 9.47. The maximum Gasteiger partial charge on any atom is 0.271 e. The molecule has 7 heteroatoms. The van der Waals surface area contributed by atoms with Crippen LogP contribution in [-0.2, 0) is 13.6 Å². The Bertz CT molecular complexity index is 623. The number of nitrogens with zero attached hydrogens (tertiary/aromatic N) is 4. The molecule has 0 aromatic carbocycles. The van der Waals surface area contributed by atoms with Crippen molar-refractivity contribution >= 4 is 17.5 Å². The van der Waals surface area contributed by atoms with Crippen LogP contribution in [0.25, 0.3) is 0 Å². The van der Waals surface area contributed by atoms with Crippen molar-refractivity contribution in [2.45, 2.75) is 26.3 Å². The largest absolute Gasteiger partial charge is 0.346 e. The Labute approximate surface area is 122 Å². The summed E-state index contributed by atoms with van der Waals surface area (Å²) >= 11 is 5.98. The maximum atomic E-state index is 12.1. The topological polar surface area (TPSA) is 72.7 Å². The van der Waals surface area contributed by atoms with Gasteiger partial charge in [-0.1, -0.05) is 25.4 Å². The van der Waals surface area contributed by atoms with Crippen LogP contribution >= 0.6 is 11.6 Å². The van der Waals surface area contributed by atoms with Crippen molar-refractivity contribution < 1.29 is 4.79 Å². The number of amides is 1. The van der Waals surface area contributed by atoms with Crippen LogP contribution in [0.5, 0.6) is 0 Å². The van der Waals surface area contributed by atoms with E-state index in [-0.39, 0.29) is 22.5 Å². The summed E-state index contributed by atoms with van der Waals surface area (Å²) in [6, 6.07) is 0. The van der Waals surface area contributed by atoms with E-state index < -0.39 is 0 Å². The van der Waals surface area contributed by atoms with E-state index in [2.05, 4.69) is 20.4 Å². The van der Waals surface area contributed by atoms with Gasteiger partial charge in [0.2, 0.25) is 0 Å². The van der Waals surface area contributed by atoms with Gasteiger partial charge in [0.05, 0.1) is 17.4 Å². The molecule has 1 N–H and O–H groups in total. The average Bonchev–Trinajstić information content (AvgIpc) is 2.82. The molecular weight excluding hydrogens is 278 g/mol. The van der Waals surface area contributed by atoms with Crippen molar-refractivity contribution in [1.82, 2.24) is 25.1 Å². The van der Waals surface area contributed by atoms with Gasteiger partial charge < -0.3 is 5.32 Å². The third-order valence-corrected chi connectivity index (χ3v) is 2.98. The Balaban J connectivity index is 2.10.